The van der Waals surface area contributed by atoms with E-state index in [-0.39, 0.29) is 16.7 Å². The highest BCUT2D eigenvalue weighted by Gasteiger charge is 2.18. The summed E-state index contributed by atoms with van der Waals surface area (Å²) in [5.41, 5.74) is 0.830. The van der Waals surface area contributed by atoms with E-state index in [9.17, 15) is 10.1 Å². The average Bonchev–Trinajstić information content (AvgIpc) is 2.25. The zero-order chi connectivity index (χ0) is 12.1. The van der Waals surface area contributed by atoms with Crippen molar-refractivity contribution >= 4 is 5.69 Å². The predicted octanol–water partition coefficient (Wildman–Crippen LogP) is 1.78. The van der Waals surface area contributed by atoms with Gasteiger partial charge in [-0.15, -0.1) is 0 Å². The minimum absolute atomic E-state index is 0.100. The van der Waals surface area contributed by atoms with Gasteiger partial charge < -0.3 is 5.32 Å². The first kappa shape index (κ1) is 12.6. The number of hydrogen-bond donors (Lipinski definition) is 1. The van der Waals surface area contributed by atoms with Crippen molar-refractivity contribution in [3.05, 3.63) is 34.1 Å². The number of nitrogens with one attached hydrogen (secondary N) is 1. The minimum Gasteiger partial charge on any atom is -0.316 e. The van der Waals surface area contributed by atoms with Crippen LogP contribution in [0.3, 0.4) is 0 Å². The fourth-order valence-corrected chi connectivity index (χ4v) is 1.66. The van der Waals surface area contributed by atoms with Crippen molar-refractivity contribution in [2.45, 2.75) is 26.3 Å². The second-order valence-corrected chi connectivity index (χ2v) is 4.10. The van der Waals surface area contributed by atoms with Gasteiger partial charge in [-0.05, 0) is 25.5 Å². The van der Waals surface area contributed by atoms with Crippen LogP contribution in [0.2, 0.25) is 0 Å². The molecule has 0 aliphatic rings. The number of aromatic nitrogens is 1. The maximum absolute atomic E-state index is 10.8. The highest BCUT2D eigenvalue weighted by atomic mass is 16.6. The summed E-state index contributed by atoms with van der Waals surface area (Å²) in [6, 6.07) is 1.95. The van der Waals surface area contributed by atoms with Crippen molar-refractivity contribution < 1.29 is 4.92 Å². The Bertz CT molecular complexity index is 366. The molecule has 16 heavy (non-hydrogen) atoms. The van der Waals surface area contributed by atoms with E-state index in [1.165, 1.54) is 6.20 Å². The third-order valence-electron chi connectivity index (χ3n) is 2.70. The Labute approximate surface area is 95.0 Å². The number of nitrogens with zero attached hydrogens (tertiary/aromatic N) is 2. The van der Waals surface area contributed by atoms with Crippen LogP contribution >= 0.6 is 0 Å². The van der Waals surface area contributed by atoms with Crippen LogP contribution in [0.25, 0.3) is 0 Å². The second-order valence-electron chi connectivity index (χ2n) is 4.10. The van der Waals surface area contributed by atoms with Crippen LogP contribution in [-0.2, 0) is 6.42 Å². The smallest absolute Gasteiger partial charge is 0.290 e. The van der Waals surface area contributed by atoms with Crippen molar-refractivity contribution in [2.24, 2.45) is 5.92 Å². The largest absolute Gasteiger partial charge is 0.316 e. The maximum atomic E-state index is 10.8. The molecule has 0 aliphatic carbocycles. The van der Waals surface area contributed by atoms with Gasteiger partial charge in [0.1, 0.15) is 6.20 Å². The fraction of sp³-hybridized carbons (Fsp3) is 0.545. The number of likely N-dealkylation sites (N-methyl/N-ethyl adjacent to an activating group) is 1. The van der Waals surface area contributed by atoms with Crippen LogP contribution in [-0.4, -0.2) is 23.0 Å². The van der Waals surface area contributed by atoms with E-state index in [4.69, 9.17) is 0 Å². The van der Waals surface area contributed by atoms with E-state index in [1.807, 2.05) is 7.05 Å². The number of rotatable bonds is 5. The molecule has 1 aromatic rings. The van der Waals surface area contributed by atoms with E-state index in [0.717, 1.165) is 5.56 Å². The van der Waals surface area contributed by atoms with Gasteiger partial charge >= 0.3 is 0 Å². The van der Waals surface area contributed by atoms with Gasteiger partial charge in [-0.2, -0.15) is 0 Å². The third-order valence-corrected chi connectivity index (χ3v) is 2.70. The van der Waals surface area contributed by atoms with Crippen LogP contribution in [0, 0.1) is 16.0 Å². The Hall–Kier alpha value is -1.49. The van der Waals surface area contributed by atoms with E-state index in [1.54, 1.807) is 12.3 Å². The zero-order valence-corrected chi connectivity index (χ0v) is 9.80. The normalized spacial score (nSPS) is 12.8. The van der Waals surface area contributed by atoms with Gasteiger partial charge in [-0.25, -0.2) is 0 Å². The molecule has 0 saturated carbocycles. The zero-order valence-electron chi connectivity index (χ0n) is 9.80. The van der Waals surface area contributed by atoms with E-state index in [2.05, 4.69) is 24.1 Å². The number of nitro groups is 1. The Morgan fingerprint density at radius 1 is 1.56 bits per heavy atom. The van der Waals surface area contributed by atoms with Gasteiger partial charge in [0.15, 0.2) is 0 Å². The molecule has 0 fully saturated rings. The SMILES string of the molecule is CNC(Cc1ccncc1[N+](=O)[O-])C(C)C. The van der Waals surface area contributed by atoms with Crippen molar-refractivity contribution in [1.82, 2.24) is 10.3 Å². The molecule has 1 rings (SSSR count). The standard InChI is InChI=1S/C11H17N3O2/c1-8(2)10(12-3)6-9-4-5-13-7-11(9)14(15)16/h4-5,7-8,10,12H,6H2,1-3H3. The summed E-state index contributed by atoms with van der Waals surface area (Å²) < 4.78 is 0. The molecule has 0 aliphatic heterocycles. The van der Waals surface area contributed by atoms with Gasteiger partial charge in [0.05, 0.1) is 4.92 Å². The quantitative estimate of drug-likeness (QED) is 0.610. The van der Waals surface area contributed by atoms with Crippen molar-refractivity contribution in [1.29, 1.82) is 0 Å². The van der Waals surface area contributed by atoms with Gasteiger partial charge in [0.25, 0.3) is 5.69 Å². The molecule has 0 saturated heterocycles. The van der Waals surface area contributed by atoms with Crippen molar-refractivity contribution in [3.63, 3.8) is 0 Å². The lowest BCUT2D eigenvalue weighted by atomic mass is 9.96. The molecule has 1 atom stereocenters. The lowest BCUT2D eigenvalue weighted by Crippen LogP contribution is -2.32. The molecule has 0 amide bonds. The Balaban J connectivity index is 2.91. The topological polar surface area (TPSA) is 68.1 Å². The third kappa shape index (κ3) is 3.00. The van der Waals surface area contributed by atoms with Gasteiger partial charge in [-0.3, -0.25) is 15.1 Å². The summed E-state index contributed by atoms with van der Waals surface area (Å²) in [6.45, 7) is 4.18. The number of pyridine rings is 1. The highest BCUT2D eigenvalue weighted by molar-refractivity contribution is 5.37. The average molecular weight is 223 g/mol. The first-order valence-electron chi connectivity index (χ1n) is 5.30. The Morgan fingerprint density at radius 2 is 2.25 bits per heavy atom. The van der Waals surface area contributed by atoms with E-state index >= 15 is 0 Å². The molecule has 88 valence electrons. The van der Waals surface area contributed by atoms with Gasteiger partial charge in [0, 0.05) is 17.8 Å². The molecular weight excluding hydrogens is 206 g/mol. The van der Waals surface area contributed by atoms with E-state index in [0.29, 0.717) is 12.3 Å². The summed E-state index contributed by atoms with van der Waals surface area (Å²) in [5, 5.41) is 14.0. The van der Waals surface area contributed by atoms with E-state index < -0.39 is 0 Å². The first-order chi connectivity index (χ1) is 7.56. The maximum Gasteiger partial charge on any atom is 0.290 e. The second kappa shape index (κ2) is 5.55. The van der Waals surface area contributed by atoms with Crippen LogP contribution < -0.4 is 5.32 Å². The molecule has 0 spiro atoms. The molecule has 1 N–H and O–H groups in total. The molecule has 0 bridgehead atoms. The number of hydrogen-bond acceptors (Lipinski definition) is 4. The molecule has 1 heterocycles. The minimum atomic E-state index is -0.380. The van der Waals surface area contributed by atoms with Crippen LogP contribution in [0.15, 0.2) is 18.5 Å². The molecular formula is C11H17N3O2. The molecule has 1 unspecified atom stereocenters. The molecule has 5 heteroatoms. The van der Waals surface area contributed by atoms with Crippen LogP contribution in [0.1, 0.15) is 19.4 Å². The predicted molar refractivity (Wildman–Crippen MR) is 62.3 cm³/mol. The summed E-state index contributed by atoms with van der Waals surface area (Å²) >= 11 is 0. The molecule has 1 aromatic heterocycles. The molecule has 0 radical (unpaired) electrons. The van der Waals surface area contributed by atoms with Crippen LogP contribution in [0.5, 0.6) is 0 Å². The Morgan fingerprint density at radius 3 is 2.75 bits per heavy atom. The summed E-state index contributed by atoms with van der Waals surface area (Å²) in [4.78, 5) is 14.2. The lowest BCUT2D eigenvalue weighted by molar-refractivity contribution is -0.385. The first-order valence-corrected chi connectivity index (χ1v) is 5.30. The summed E-state index contributed by atoms with van der Waals surface area (Å²) in [5.74, 6) is 0.428. The van der Waals surface area contributed by atoms with Gasteiger partial charge in [0.2, 0.25) is 0 Å². The summed E-state index contributed by atoms with van der Waals surface area (Å²) in [6.07, 6.45) is 3.55. The van der Waals surface area contributed by atoms with Crippen molar-refractivity contribution in [3.8, 4) is 0 Å². The lowest BCUT2D eigenvalue weighted by Gasteiger charge is -2.19. The van der Waals surface area contributed by atoms with Gasteiger partial charge in [-0.1, -0.05) is 13.8 Å². The molecule has 0 aromatic carbocycles. The molecule has 5 nitrogen and oxygen atoms in total. The summed E-state index contributed by atoms with van der Waals surface area (Å²) in [7, 11) is 1.87. The highest BCUT2D eigenvalue weighted by Crippen LogP contribution is 2.19. The van der Waals surface area contributed by atoms with Crippen molar-refractivity contribution in [2.75, 3.05) is 7.05 Å². The monoisotopic (exact) mass is 223 g/mol. The van der Waals surface area contributed by atoms with Crippen LogP contribution in [0.4, 0.5) is 5.69 Å². The fourth-order valence-electron chi connectivity index (χ4n) is 1.66. The Kier molecular flexibility index (Phi) is 4.37.